The molecule has 1 aromatic heterocycles. The van der Waals surface area contributed by atoms with Crippen molar-refractivity contribution in [2.45, 2.75) is 38.8 Å². The largest absolute Gasteiger partial charge is 0.375 e. The van der Waals surface area contributed by atoms with Crippen LogP contribution < -0.4 is 10.6 Å². The van der Waals surface area contributed by atoms with Gasteiger partial charge >= 0.3 is 0 Å². The maximum atomic E-state index is 12.5. The minimum absolute atomic E-state index is 0.0129. The third-order valence-corrected chi connectivity index (χ3v) is 4.33. The Bertz CT molecular complexity index is 736. The number of rotatable bonds is 4. The molecule has 1 atom stereocenters. The van der Waals surface area contributed by atoms with Crippen molar-refractivity contribution in [3.05, 3.63) is 41.7 Å². The van der Waals surface area contributed by atoms with Crippen LogP contribution in [0.25, 0.3) is 10.8 Å². The van der Waals surface area contributed by atoms with Crippen LogP contribution in [0.3, 0.4) is 0 Å². The molecule has 1 fully saturated rings. The molecular formula is C19H25N3O2. The summed E-state index contributed by atoms with van der Waals surface area (Å²) in [7, 11) is 0. The van der Waals surface area contributed by atoms with Gasteiger partial charge in [0.1, 0.15) is 0 Å². The fraction of sp³-hybridized carbons (Fsp3) is 0.474. The number of nitrogens with one attached hydrogen (secondary N) is 2. The lowest BCUT2D eigenvalue weighted by Crippen LogP contribution is -2.46. The van der Waals surface area contributed by atoms with Gasteiger partial charge in [0.2, 0.25) is 5.91 Å². The summed E-state index contributed by atoms with van der Waals surface area (Å²) in [5, 5.41) is 8.59. The molecule has 2 N–H and O–H groups in total. The second-order valence-electron chi connectivity index (χ2n) is 6.91. The molecule has 0 saturated carbocycles. The molecule has 0 bridgehead atoms. The van der Waals surface area contributed by atoms with Crippen LogP contribution in [0.4, 0.5) is 0 Å². The first-order valence-electron chi connectivity index (χ1n) is 8.46. The normalized spacial score (nSPS) is 18.5. The average molecular weight is 327 g/mol. The SMILES string of the molecule is Cc1cc2ccccc2c(C(C)(C)NC(=O)C[C@@H]2CNCCO2)n1. The van der Waals surface area contributed by atoms with Crippen molar-refractivity contribution in [2.24, 2.45) is 0 Å². The molecule has 1 aliphatic rings. The molecule has 1 saturated heterocycles. The van der Waals surface area contributed by atoms with Gasteiger partial charge in [0.25, 0.3) is 0 Å². The Kier molecular flexibility index (Phi) is 4.83. The number of pyridine rings is 1. The molecule has 128 valence electrons. The highest BCUT2D eigenvalue weighted by molar-refractivity contribution is 5.86. The van der Waals surface area contributed by atoms with E-state index >= 15 is 0 Å². The smallest absolute Gasteiger partial charge is 0.223 e. The van der Waals surface area contributed by atoms with Gasteiger partial charge in [-0.15, -0.1) is 0 Å². The molecular weight excluding hydrogens is 302 g/mol. The van der Waals surface area contributed by atoms with Crippen LogP contribution in [-0.4, -0.2) is 36.7 Å². The number of benzene rings is 1. The molecule has 5 heteroatoms. The molecule has 2 heterocycles. The number of hydrogen-bond donors (Lipinski definition) is 2. The number of aryl methyl sites for hydroxylation is 1. The number of aromatic nitrogens is 1. The minimum atomic E-state index is -0.551. The fourth-order valence-corrected chi connectivity index (χ4v) is 3.23. The van der Waals surface area contributed by atoms with Crippen LogP contribution in [0.1, 0.15) is 31.7 Å². The van der Waals surface area contributed by atoms with Crippen molar-refractivity contribution in [3.63, 3.8) is 0 Å². The van der Waals surface area contributed by atoms with Gasteiger partial charge < -0.3 is 15.4 Å². The molecule has 0 unspecified atom stereocenters. The molecule has 0 radical (unpaired) electrons. The maximum absolute atomic E-state index is 12.5. The lowest BCUT2D eigenvalue weighted by Gasteiger charge is -2.29. The van der Waals surface area contributed by atoms with Crippen molar-refractivity contribution in [1.82, 2.24) is 15.6 Å². The zero-order valence-corrected chi connectivity index (χ0v) is 14.6. The molecule has 0 aliphatic carbocycles. The van der Waals surface area contributed by atoms with Crippen molar-refractivity contribution in [3.8, 4) is 0 Å². The number of fused-ring (bicyclic) bond motifs is 1. The van der Waals surface area contributed by atoms with Gasteiger partial charge in [-0.05, 0) is 32.2 Å². The summed E-state index contributed by atoms with van der Waals surface area (Å²) < 4.78 is 5.62. The van der Waals surface area contributed by atoms with Crippen LogP contribution in [0.2, 0.25) is 0 Å². The van der Waals surface area contributed by atoms with Gasteiger partial charge in [0.05, 0.1) is 30.4 Å². The molecule has 1 aliphatic heterocycles. The number of carbonyl (C=O) groups excluding carboxylic acids is 1. The van der Waals surface area contributed by atoms with E-state index in [0.717, 1.165) is 35.2 Å². The minimum Gasteiger partial charge on any atom is -0.375 e. The summed E-state index contributed by atoms with van der Waals surface area (Å²) in [5.74, 6) is -0.0129. The van der Waals surface area contributed by atoms with Crippen molar-refractivity contribution >= 4 is 16.7 Å². The van der Waals surface area contributed by atoms with Gasteiger partial charge in [-0.1, -0.05) is 24.3 Å². The first-order chi connectivity index (χ1) is 11.5. The van der Waals surface area contributed by atoms with Gasteiger partial charge in [-0.25, -0.2) is 0 Å². The second-order valence-corrected chi connectivity index (χ2v) is 6.91. The third-order valence-electron chi connectivity index (χ3n) is 4.33. The molecule has 5 nitrogen and oxygen atoms in total. The number of ether oxygens (including phenoxy) is 1. The lowest BCUT2D eigenvalue weighted by atomic mass is 9.94. The van der Waals surface area contributed by atoms with E-state index in [9.17, 15) is 4.79 Å². The van der Waals surface area contributed by atoms with Crippen molar-refractivity contribution < 1.29 is 9.53 Å². The Hall–Kier alpha value is -1.98. The Balaban J connectivity index is 1.81. The Morgan fingerprint density at radius 3 is 2.96 bits per heavy atom. The molecule has 2 aromatic rings. The highest BCUT2D eigenvalue weighted by Crippen LogP contribution is 2.27. The predicted molar refractivity (Wildman–Crippen MR) is 94.9 cm³/mol. The van der Waals surface area contributed by atoms with Crippen LogP contribution >= 0.6 is 0 Å². The summed E-state index contributed by atoms with van der Waals surface area (Å²) in [4.78, 5) is 17.2. The van der Waals surface area contributed by atoms with Crippen LogP contribution in [0.15, 0.2) is 30.3 Å². The molecule has 3 rings (SSSR count). The first-order valence-corrected chi connectivity index (χ1v) is 8.46. The number of morpholine rings is 1. The number of nitrogens with zero attached hydrogens (tertiary/aromatic N) is 1. The van der Waals surface area contributed by atoms with Gasteiger partial charge in [-0.2, -0.15) is 0 Å². The van der Waals surface area contributed by atoms with E-state index in [1.807, 2.05) is 32.9 Å². The Morgan fingerprint density at radius 2 is 2.21 bits per heavy atom. The van der Waals surface area contributed by atoms with E-state index in [1.54, 1.807) is 0 Å². The van der Waals surface area contributed by atoms with E-state index in [-0.39, 0.29) is 12.0 Å². The summed E-state index contributed by atoms with van der Waals surface area (Å²) in [6, 6.07) is 10.2. The summed E-state index contributed by atoms with van der Waals surface area (Å²) >= 11 is 0. The van der Waals surface area contributed by atoms with Crippen LogP contribution in [-0.2, 0) is 15.1 Å². The molecule has 1 amide bonds. The summed E-state index contributed by atoms with van der Waals surface area (Å²) in [5.41, 5.74) is 1.30. The highest BCUT2D eigenvalue weighted by atomic mass is 16.5. The Morgan fingerprint density at radius 1 is 1.42 bits per heavy atom. The zero-order valence-electron chi connectivity index (χ0n) is 14.6. The summed E-state index contributed by atoms with van der Waals surface area (Å²) in [6.07, 6.45) is 0.303. The van der Waals surface area contributed by atoms with Gasteiger partial charge in [-0.3, -0.25) is 9.78 Å². The predicted octanol–water partition coefficient (Wildman–Crippen LogP) is 2.27. The van der Waals surface area contributed by atoms with E-state index in [0.29, 0.717) is 13.0 Å². The standard InChI is InChI=1S/C19H25N3O2/c1-13-10-14-6-4-5-7-16(14)18(21-13)19(2,3)22-17(23)11-15-12-20-8-9-24-15/h4-7,10,15,20H,8-9,11-12H2,1-3H3,(H,22,23)/t15-/m1/s1. The average Bonchev–Trinajstić information content (AvgIpc) is 2.54. The van der Waals surface area contributed by atoms with E-state index in [4.69, 9.17) is 9.72 Å². The third kappa shape index (κ3) is 3.74. The number of amides is 1. The topological polar surface area (TPSA) is 63.2 Å². The number of carbonyl (C=O) groups is 1. The lowest BCUT2D eigenvalue weighted by molar-refractivity contribution is -0.126. The van der Waals surface area contributed by atoms with Crippen molar-refractivity contribution in [1.29, 1.82) is 0 Å². The highest BCUT2D eigenvalue weighted by Gasteiger charge is 2.28. The van der Waals surface area contributed by atoms with Crippen LogP contribution in [0.5, 0.6) is 0 Å². The quantitative estimate of drug-likeness (QED) is 0.904. The van der Waals surface area contributed by atoms with Gasteiger partial charge in [0, 0.05) is 24.2 Å². The van der Waals surface area contributed by atoms with E-state index in [2.05, 4.69) is 28.8 Å². The van der Waals surface area contributed by atoms with Gasteiger partial charge in [0.15, 0.2) is 0 Å². The van der Waals surface area contributed by atoms with Crippen LogP contribution in [0, 0.1) is 6.92 Å². The Labute approximate surface area is 142 Å². The number of hydrogen-bond acceptors (Lipinski definition) is 4. The second kappa shape index (κ2) is 6.87. The van der Waals surface area contributed by atoms with E-state index < -0.39 is 5.54 Å². The molecule has 0 spiro atoms. The molecule has 24 heavy (non-hydrogen) atoms. The maximum Gasteiger partial charge on any atom is 0.223 e. The molecule has 1 aromatic carbocycles. The zero-order chi connectivity index (χ0) is 17.2. The van der Waals surface area contributed by atoms with Crippen molar-refractivity contribution in [2.75, 3.05) is 19.7 Å². The van der Waals surface area contributed by atoms with E-state index in [1.165, 1.54) is 0 Å². The summed E-state index contributed by atoms with van der Waals surface area (Å²) in [6.45, 7) is 8.21. The monoisotopic (exact) mass is 327 g/mol. The fourth-order valence-electron chi connectivity index (χ4n) is 3.23. The first kappa shape index (κ1) is 16.9.